The SMILES string of the molecule is CC(Br)C(=O)N[C@H](C)C(=O)O. The van der Waals surface area contributed by atoms with Gasteiger partial charge in [-0.05, 0) is 13.8 Å². The van der Waals surface area contributed by atoms with E-state index in [0.717, 1.165) is 0 Å². The molecule has 0 spiro atoms. The van der Waals surface area contributed by atoms with Gasteiger partial charge >= 0.3 is 5.97 Å². The molecule has 11 heavy (non-hydrogen) atoms. The standard InChI is InChI=1S/C6H10BrNO3/c1-3(7)5(9)8-4(2)6(10)11/h3-4H,1-2H3,(H,8,9)(H,10,11)/t3?,4-/m1/s1. The highest BCUT2D eigenvalue weighted by molar-refractivity contribution is 9.10. The van der Waals surface area contributed by atoms with Crippen LogP contribution in [0.4, 0.5) is 0 Å². The number of halogens is 1. The largest absolute Gasteiger partial charge is 0.480 e. The van der Waals surface area contributed by atoms with Crippen LogP contribution in [0.15, 0.2) is 0 Å². The van der Waals surface area contributed by atoms with Gasteiger partial charge in [0, 0.05) is 0 Å². The van der Waals surface area contributed by atoms with Gasteiger partial charge in [-0.15, -0.1) is 0 Å². The van der Waals surface area contributed by atoms with Gasteiger partial charge in [0.1, 0.15) is 6.04 Å². The number of carbonyl (C=O) groups excluding carboxylic acids is 1. The molecule has 0 heterocycles. The van der Waals surface area contributed by atoms with Crippen LogP contribution in [0.5, 0.6) is 0 Å². The molecule has 0 rings (SSSR count). The number of hydrogen-bond donors (Lipinski definition) is 2. The monoisotopic (exact) mass is 223 g/mol. The topological polar surface area (TPSA) is 66.4 Å². The predicted molar refractivity (Wildman–Crippen MR) is 43.6 cm³/mol. The zero-order valence-corrected chi connectivity index (χ0v) is 7.88. The molecular formula is C6H10BrNO3. The second-order valence-electron chi connectivity index (χ2n) is 2.18. The van der Waals surface area contributed by atoms with Crippen molar-refractivity contribution in [1.29, 1.82) is 0 Å². The highest BCUT2D eigenvalue weighted by Gasteiger charge is 2.16. The van der Waals surface area contributed by atoms with Crippen LogP contribution < -0.4 is 5.32 Å². The lowest BCUT2D eigenvalue weighted by Gasteiger charge is -2.09. The average molecular weight is 224 g/mol. The first-order valence-corrected chi connectivity index (χ1v) is 4.04. The smallest absolute Gasteiger partial charge is 0.325 e. The molecule has 0 aliphatic heterocycles. The third-order valence-electron chi connectivity index (χ3n) is 1.09. The van der Waals surface area contributed by atoms with E-state index in [1.54, 1.807) is 6.92 Å². The highest BCUT2D eigenvalue weighted by atomic mass is 79.9. The summed E-state index contributed by atoms with van der Waals surface area (Å²) >= 11 is 3.01. The first kappa shape index (κ1) is 10.4. The molecule has 2 atom stereocenters. The predicted octanol–water partition coefficient (Wildman–Crippen LogP) is 0.359. The van der Waals surface area contributed by atoms with Crippen LogP contribution in [0, 0.1) is 0 Å². The summed E-state index contributed by atoms with van der Waals surface area (Å²) in [5, 5.41) is 10.7. The van der Waals surface area contributed by atoms with E-state index in [1.165, 1.54) is 6.92 Å². The normalized spacial score (nSPS) is 15.2. The summed E-state index contributed by atoms with van der Waals surface area (Å²) in [6.07, 6.45) is 0. The maximum Gasteiger partial charge on any atom is 0.325 e. The molecule has 0 aromatic rings. The van der Waals surface area contributed by atoms with Crippen molar-refractivity contribution in [3.63, 3.8) is 0 Å². The molecule has 0 aliphatic rings. The van der Waals surface area contributed by atoms with Gasteiger partial charge in [0.2, 0.25) is 5.91 Å². The fourth-order valence-electron chi connectivity index (χ4n) is 0.390. The van der Waals surface area contributed by atoms with Crippen molar-refractivity contribution < 1.29 is 14.7 Å². The van der Waals surface area contributed by atoms with Crippen LogP contribution in [0.1, 0.15) is 13.8 Å². The molecule has 1 unspecified atom stereocenters. The van der Waals surface area contributed by atoms with Crippen molar-refractivity contribution in [2.75, 3.05) is 0 Å². The van der Waals surface area contributed by atoms with Gasteiger partial charge in [-0.25, -0.2) is 0 Å². The lowest BCUT2D eigenvalue weighted by molar-refractivity contribution is -0.141. The van der Waals surface area contributed by atoms with E-state index >= 15 is 0 Å². The Morgan fingerprint density at radius 3 is 2.18 bits per heavy atom. The Morgan fingerprint density at radius 1 is 1.45 bits per heavy atom. The Bertz CT molecular complexity index is 169. The second-order valence-corrected chi connectivity index (χ2v) is 3.56. The summed E-state index contributed by atoms with van der Waals surface area (Å²) in [6.45, 7) is 3.04. The first-order valence-electron chi connectivity index (χ1n) is 3.12. The molecule has 5 heteroatoms. The van der Waals surface area contributed by atoms with Gasteiger partial charge in [0.05, 0.1) is 4.83 Å². The minimum absolute atomic E-state index is 0.320. The number of amides is 1. The molecule has 0 aromatic heterocycles. The van der Waals surface area contributed by atoms with Gasteiger partial charge in [0.25, 0.3) is 0 Å². The van der Waals surface area contributed by atoms with E-state index in [9.17, 15) is 9.59 Å². The summed E-state index contributed by atoms with van der Waals surface area (Å²) < 4.78 is 0. The lowest BCUT2D eigenvalue weighted by Crippen LogP contribution is -2.41. The van der Waals surface area contributed by atoms with E-state index in [4.69, 9.17) is 5.11 Å². The Labute approximate surface area is 73.1 Å². The van der Waals surface area contributed by atoms with Crippen LogP contribution in [-0.4, -0.2) is 27.9 Å². The first-order chi connectivity index (χ1) is 4.95. The van der Waals surface area contributed by atoms with Crippen LogP contribution >= 0.6 is 15.9 Å². The summed E-state index contributed by atoms with van der Waals surface area (Å²) in [5.41, 5.74) is 0. The zero-order chi connectivity index (χ0) is 9.02. The molecule has 0 saturated carbocycles. The average Bonchev–Trinajstić information content (AvgIpc) is 1.87. The maximum atomic E-state index is 10.8. The minimum Gasteiger partial charge on any atom is -0.480 e. The van der Waals surface area contributed by atoms with Crippen LogP contribution in [0.2, 0.25) is 0 Å². The number of hydrogen-bond acceptors (Lipinski definition) is 2. The van der Waals surface area contributed by atoms with E-state index in [1.807, 2.05) is 0 Å². The van der Waals surface area contributed by atoms with E-state index in [-0.39, 0.29) is 10.7 Å². The third kappa shape index (κ3) is 3.98. The number of alkyl halides is 1. The molecule has 0 saturated heterocycles. The lowest BCUT2D eigenvalue weighted by atomic mass is 10.3. The number of rotatable bonds is 3. The fraction of sp³-hybridized carbons (Fsp3) is 0.667. The molecule has 2 N–H and O–H groups in total. The Balaban J connectivity index is 3.85. The second kappa shape index (κ2) is 4.33. The molecule has 0 fully saturated rings. The molecular weight excluding hydrogens is 214 g/mol. The van der Waals surface area contributed by atoms with Gasteiger partial charge in [-0.3, -0.25) is 9.59 Å². The number of nitrogens with one attached hydrogen (secondary N) is 1. The van der Waals surface area contributed by atoms with E-state index in [2.05, 4.69) is 21.2 Å². The molecule has 4 nitrogen and oxygen atoms in total. The van der Waals surface area contributed by atoms with Gasteiger partial charge in [0.15, 0.2) is 0 Å². The molecule has 1 amide bonds. The van der Waals surface area contributed by atoms with Crippen molar-refractivity contribution in [2.45, 2.75) is 24.7 Å². The maximum absolute atomic E-state index is 10.8. The molecule has 0 aromatic carbocycles. The van der Waals surface area contributed by atoms with Crippen LogP contribution in [0.25, 0.3) is 0 Å². The summed E-state index contributed by atoms with van der Waals surface area (Å²) in [4.78, 5) is 20.7. The quantitative estimate of drug-likeness (QED) is 0.680. The molecule has 0 aliphatic carbocycles. The van der Waals surface area contributed by atoms with Crippen molar-refractivity contribution >= 4 is 27.8 Å². The summed E-state index contributed by atoms with van der Waals surface area (Å²) in [7, 11) is 0. The van der Waals surface area contributed by atoms with E-state index in [0.29, 0.717) is 0 Å². The molecule has 0 bridgehead atoms. The number of carboxylic acids is 1. The molecule has 0 radical (unpaired) electrons. The van der Waals surface area contributed by atoms with Gasteiger partial charge in [-0.1, -0.05) is 15.9 Å². The summed E-state index contributed by atoms with van der Waals surface area (Å²) in [5.74, 6) is -1.36. The Kier molecular flexibility index (Phi) is 4.10. The molecule has 64 valence electrons. The number of carboxylic acid groups (broad SMARTS) is 1. The zero-order valence-electron chi connectivity index (χ0n) is 6.30. The number of aliphatic carboxylic acids is 1. The Morgan fingerprint density at radius 2 is 1.91 bits per heavy atom. The third-order valence-corrected chi connectivity index (χ3v) is 1.51. The highest BCUT2D eigenvalue weighted by Crippen LogP contribution is 1.97. The van der Waals surface area contributed by atoms with Gasteiger partial charge < -0.3 is 10.4 Å². The van der Waals surface area contributed by atoms with Crippen LogP contribution in [0.3, 0.4) is 0 Å². The van der Waals surface area contributed by atoms with E-state index < -0.39 is 12.0 Å². The fourth-order valence-corrected chi connectivity index (χ4v) is 0.522. The van der Waals surface area contributed by atoms with Crippen molar-refractivity contribution in [2.24, 2.45) is 0 Å². The van der Waals surface area contributed by atoms with Gasteiger partial charge in [-0.2, -0.15) is 0 Å². The minimum atomic E-state index is -1.04. The number of carbonyl (C=O) groups is 2. The Hall–Kier alpha value is -0.580. The van der Waals surface area contributed by atoms with Crippen molar-refractivity contribution in [1.82, 2.24) is 5.32 Å². The van der Waals surface area contributed by atoms with Crippen LogP contribution in [-0.2, 0) is 9.59 Å². The van der Waals surface area contributed by atoms with Crippen molar-refractivity contribution in [3.8, 4) is 0 Å². The van der Waals surface area contributed by atoms with Crippen molar-refractivity contribution in [3.05, 3.63) is 0 Å². The summed E-state index contributed by atoms with van der Waals surface area (Å²) in [6, 6.07) is -0.831.